The Morgan fingerprint density at radius 2 is 1.88 bits per heavy atom. The van der Waals surface area contributed by atoms with E-state index in [0.29, 0.717) is 11.8 Å². The van der Waals surface area contributed by atoms with Crippen LogP contribution in [0, 0.1) is 6.92 Å². The molecule has 7 heteroatoms. The summed E-state index contributed by atoms with van der Waals surface area (Å²) in [4.78, 5) is 17.0. The highest BCUT2D eigenvalue weighted by atomic mass is 15.1. The molecule has 7 nitrogen and oxygen atoms in total. The monoisotopic (exact) mass is 531 g/mol. The number of aromatic amines is 1. The van der Waals surface area contributed by atoms with Crippen molar-refractivity contribution in [3.8, 4) is 11.3 Å². The lowest BCUT2D eigenvalue weighted by atomic mass is 9.91. The van der Waals surface area contributed by atoms with E-state index < -0.39 is 0 Å². The second-order valence-corrected chi connectivity index (χ2v) is 11.5. The quantitative estimate of drug-likeness (QED) is 0.236. The van der Waals surface area contributed by atoms with Gasteiger partial charge >= 0.3 is 0 Å². The van der Waals surface area contributed by atoms with Crippen LogP contribution < -0.4 is 5.32 Å². The zero-order chi connectivity index (χ0) is 27.1. The molecule has 5 aromatic rings. The van der Waals surface area contributed by atoms with E-state index in [2.05, 4.69) is 63.6 Å². The third kappa shape index (κ3) is 4.94. The number of pyridine rings is 3. The summed E-state index contributed by atoms with van der Waals surface area (Å²) in [5.41, 5.74) is 7.33. The second-order valence-electron chi connectivity index (χ2n) is 11.5. The van der Waals surface area contributed by atoms with Crippen molar-refractivity contribution < 1.29 is 0 Å². The van der Waals surface area contributed by atoms with E-state index in [4.69, 9.17) is 15.1 Å². The summed E-state index contributed by atoms with van der Waals surface area (Å²) >= 11 is 0. The van der Waals surface area contributed by atoms with Crippen molar-refractivity contribution >= 4 is 33.2 Å². The van der Waals surface area contributed by atoms with E-state index in [-0.39, 0.29) is 0 Å². The highest BCUT2D eigenvalue weighted by Crippen LogP contribution is 2.44. The lowest BCUT2D eigenvalue weighted by Crippen LogP contribution is -2.28. The lowest BCUT2D eigenvalue weighted by molar-refractivity contribution is 0.248. The number of rotatable bonds is 6. The molecule has 7 rings (SSSR count). The van der Waals surface area contributed by atoms with Crippen molar-refractivity contribution in [2.24, 2.45) is 0 Å². The number of aryl methyl sites for hydroxylation is 1. The van der Waals surface area contributed by atoms with Crippen molar-refractivity contribution in [3.05, 3.63) is 71.9 Å². The third-order valence-electron chi connectivity index (χ3n) is 8.72. The molecule has 0 radical (unpaired) electrons. The van der Waals surface area contributed by atoms with Gasteiger partial charge in [0.05, 0.1) is 16.9 Å². The molecule has 1 aromatic carbocycles. The van der Waals surface area contributed by atoms with Gasteiger partial charge in [-0.3, -0.25) is 15.1 Å². The van der Waals surface area contributed by atoms with Gasteiger partial charge in [-0.1, -0.05) is 13.3 Å². The first-order valence-corrected chi connectivity index (χ1v) is 14.9. The lowest BCUT2D eigenvalue weighted by Gasteiger charge is -2.27. The minimum Gasteiger partial charge on any atom is -0.340 e. The molecule has 1 atom stereocenters. The SMILES string of the molecule is CCN1CCCCC(c2[nH]nc3cc(Nc4nc(-c5ccc(C)nc5)cc5ccnc(C6CC6)c45)ccc23)CC1. The number of nitrogens with zero attached hydrogens (tertiary/aromatic N) is 5. The van der Waals surface area contributed by atoms with Gasteiger partial charge in [0.15, 0.2) is 0 Å². The summed E-state index contributed by atoms with van der Waals surface area (Å²) in [6.45, 7) is 7.79. The molecule has 1 aliphatic carbocycles. The number of hydrogen-bond acceptors (Lipinski definition) is 6. The standard InChI is InChI=1S/C33H37N7/c1-3-40-16-5-4-6-22(14-17-40)31-27-12-11-26(19-29(27)38-39-31)36-33-30-24(13-15-34-32(30)23-9-10-23)18-28(37-33)25-8-7-21(2)35-20-25/h7-8,11-13,15,18-20,22-23H,3-6,9-10,14,16-17H2,1-2H3,(H,36,37)(H,38,39). The van der Waals surface area contributed by atoms with Crippen LogP contribution in [0.1, 0.15) is 74.4 Å². The molecule has 0 bridgehead atoms. The number of H-pyrrole nitrogens is 1. The van der Waals surface area contributed by atoms with Gasteiger partial charge in [0, 0.05) is 57.6 Å². The summed E-state index contributed by atoms with van der Waals surface area (Å²) in [6.07, 6.45) is 11.2. The molecule has 5 heterocycles. The van der Waals surface area contributed by atoms with E-state index in [1.165, 1.54) is 56.1 Å². The Bertz CT molecular complexity index is 1650. The van der Waals surface area contributed by atoms with E-state index in [9.17, 15) is 0 Å². The first-order chi connectivity index (χ1) is 19.7. The molecule has 1 saturated heterocycles. The molecule has 2 N–H and O–H groups in total. The van der Waals surface area contributed by atoms with E-state index in [0.717, 1.165) is 63.5 Å². The number of aromatic nitrogens is 5. The Kier molecular flexibility index (Phi) is 6.68. The number of hydrogen-bond donors (Lipinski definition) is 2. The largest absolute Gasteiger partial charge is 0.340 e. The Labute approximate surface area is 235 Å². The van der Waals surface area contributed by atoms with Gasteiger partial charge in [0.1, 0.15) is 5.82 Å². The highest BCUT2D eigenvalue weighted by molar-refractivity contribution is 5.98. The maximum absolute atomic E-state index is 5.14. The Morgan fingerprint density at radius 3 is 2.70 bits per heavy atom. The maximum atomic E-state index is 5.14. The van der Waals surface area contributed by atoms with Crippen LogP contribution >= 0.6 is 0 Å². The maximum Gasteiger partial charge on any atom is 0.140 e. The fourth-order valence-corrected chi connectivity index (χ4v) is 6.24. The van der Waals surface area contributed by atoms with E-state index in [1.54, 1.807) is 0 Å². The highest BCUT2D eigenvalue weighted by Gasteiger charge is 2.28. The van der Waals surface area contributed by atoms with Crippen molar-refractivity contribution in [2.75, 3.05) is 25.0 Å². The van der Waals surface area contributed by atoms with Crippen LogP contribution in [-0.2, 0) is 0 Å². The second kappa shape index (κ2) is 10.6. The zero-order valence-electron chi connectivity index (χ0n) is 23.5. The van der Waals surface area contributed by atoms with E-state index in [1.807, 2.05) is 25.4 Å². The number of fused-ring (bicyclic) bond motifs is 2. The molecule has 1 unspecified atom stereocenters. The normalized spacial score (nSPS) is 18.6. The van der Waals surface area contributed by atoms with Crippen LogP contribution in [0.4, 0.5) is 11.5 Å². The third-order valence-corrected chi connectivity index (χ3v) is 8.72. The molecule has 2 aliphatic rings. The topological polar surface area (TPSA) is 82.6 Å². The predicted octanol–water partition coefficient (Wildman–Crippen LogP) is 7.48. The average molecular weight is 532 g/mol. The summed E-state index contributed by atoms with van der Waals surface area (Å²) in [5, 5.41) is 15.4. The number of benzene rings is 1. The molecule has 204 valence electrons. The van der Waals surface area contributed by atoms with Gasteiger partial charge in [0.25, 0.3) is 0 Å². The zero-order valence-corrected chi connectivity index (χ0v) is 23.5. The number of anilines is 2. The van der Waals surface area contributed by atoms with Gasteiger partial charge in [-0.15, -0.1) is 0 Å². The van der Waals surface area contributed by atoms with Crippen molar-refractivity contribution in [1.82, 2.24) is 30.0 Å². The van der Waals surface area contributed by atoms with Crippen molar-refractivity contribution in [1.29, 1.82) is 0 Å². The summed E-state index contributed by atoms with van der Waals surface area (Å²) in [7, 11) is 0. The van der Waals surface area contributed by atoms with E-state index >= 15 is 0 Å². The van der Waals surface area contributed by atoms with Crippen LogP contribution in [0.25, 0.3) is 32.9 Å². The minimum absolute atomic E-state index is 0.515. The number of nitrogens with one attached hydrogen (secondary N) is 2. The molecule has 4 aromatic heterocycles. The van der Waals surface area contributed by atoms with Crippen LogP contribution in [-0.4, -0.2) is 49.7 Å². The van der Waals surface area contributed by atoms with Crippen LogP contribution in [0.15, 0.2) is 54.9 Å². The predicted molar refractivity (Wildman–Crippen MR) is 162 cm³/mol. The van der Waals surface area contributed by atoms with Crippen molar-refractivity contribution in [2.45, 2.75) is 64.2 Å². The Balaban J connectivity index is 1.24. The molecule has 40 heavy (non-hydrogen) atoms. The molecule has 1 saturated carbocycles. The molecular formula is C33H37N7. The Hall–Kier alpha value is -3.84. The molecule has 0 amide bonds. The van der Waals surface area contributed by atoms with Crippen molar-refractivity contribution in [3.63, 3.8) is 0 Å². The fourth-order valence-electron chi connectivity index (χ4n) is 6.24. The fraction of sp³-hybridized carbons (Fsp3) is 0.394. The molecular weight excluding hydrogens is 494 g/mol. The first kappa shape index (κ1) is 25.1. The summed E-state index contributed by atoms with van der Waals surface area (Å²) in [5.74, 6) is 1.88. The van der Waals surface area contributed by atoms with Gasteiger partial charge < -0.3 is 10.2 Å². The molecule has 2 fully saturated rings. The van der Waals surface area contributed by atoms with Gasteiger partial charge in [-0.25, -0.2) is 4.98 Å². The smallest absolute Gasteiger partial charge is 0.140 e. The summed E-state index contributed by atoms with van der Waals surface area (Å²) in [6, 6.07) is 14.9. The van der Waals surface area contributed by atoms with Crippen LogP contribution in [0.3, 0.4) is 0 Å². The van der Waals surface area contributed by atoms with Gasteiger partial charge in [-0.05, 0) is 107 Å². The summed E-state index contributed by atoms with van der Waals surface area (Å²) < 4.78 is 0. The average Bonchev–Trinajstić information content (AvgIpc) is 3.73. The van der Waals surface area contributed by atoms with Gasteiger partial charge in [-0.2, -0.15) is 5.10 Å². The van der Waals surface area contributed by atoms with Crippen LogP contribution in [0.5, 0.6) is 0 Å². The Morgan fingerprint density at radius 1 is 0.950 bits per heavy atom. The number of likely N-dealkylation sites (tertiary alicyclic amines) is 1. The molecule has 1 aliphatic heterocycles. The first-order valence-electron chi connectivity index (χ1n) is 14.9. The molecule has 0 spiro atoms. The van der Waals surface area contributed by atoms with Crippen LogP contribution in [0.2, 0.25) is 0 Å². The minimum atomic E-state index is 0.515. The van der Waals surface area contributed by atoms with Gasteiger partial charge in [0.2, 0.25) is 0 Å².